The molecule has 0 bridgehead atoms. The van der Waals surface area contributed by atoms with Crippen molar-refractivity contribution in [2.45, 2.75) is 6.92 Å². The number of amidine groups is 1. The maximum Gasteiger partial charge on any atom is 0.339 e. The number of nitrogens with two attached hydrogens (primary N) is 1. The number of nitrogens with one attached hydrogen (secondary N) is 3. The fourth-order valence-electron chi connectivity index (χ4n) is 5.57. The lowest BCUT2D eigenvalue weighted by Gasteiger charge is -2.34. The number of pyridine rings is 1. The zero-order chi connectivity index (χ0) is 30.8. The van der Waals surface area contributed by atoms with E-state index in [1.165, 1.54) is 0 Å². The molecule has 0 saturated carbocycles. The number of aromatic nitrogens is 2. The molecular weight excluding hydrogens is 560 g/mol. The smallest absolute Gasteiger partial charge is 0.339 e. The Balaban J connectivity index is 1.27. The summed E-state index contributed by atoms with van der Waals surface area (Å²) in [5, 5.41) is 14.9. The van der Waals surface area contributed by atoms with Crippen molar-refractivity contribution in [2.75, 3.05) is 64.5 Å². The molecule has 0 unspecified atom stereocenters. The first kappa shape index (κ1) is 29.2. The van der Waals surface area contributed by atoms with Gasteiger partial charge in [0.05, 0.1) is 30.8 Å². The quantitative estimate of drug-likeness (QED) is 0.200. The molecule has 2 saturated heterocycles. The van der Waals surface area contributed by atoms with Gasteiger partial charge in [-0.3, -0.25) is 20.6 Å². The monoisotopic (exact) mass is 596 g/mol. The molecule has 13 heteroatoms. The molecule has 3 aliphatic rings. The number of piperazine rings is 1. The first-order valence-electron chi connectivity index (χ1n) is 14.6. The number of fused-ring (bicyclic) bond motifs is 1. The number of urea groups is 1. The van der Waals surface area contributed by atoms with Gasteiger partial charge >= 0.3 is 6.03 Å². The number of amides is 3. The number of carbonyl (C=O) groups excluding carboxylic acids is 2. The molecule has 5 N–H and O–H groups in total. The molecule has 1 aromatic carbocycles. The van der Waals surface area contributed by atoms with Crippen LogP contribution in [0.2, 0.25) is 0 Å². The van der Waals surface area contributed by atoms with Crippen LogP contribution in [0.5, 0.6) is 0 Å². The predicted molar refractivity (Wildman–Crippen MR) is 170 cm³/mol. The van der Waals surface area contributed by atoms with Crippen LogP contribution < -0.4 is 16.3 Å². The number of benzene rings is 1. The first-order valence-corrected chi connectivity index (χ1v) is 14.6. The van der Waals surface area contributed by atoms with Gasteiger partial charge in [-0.1, -0.05) is 12.1 Å². The SMILES string of the molecule is C/C=C(\C=C1/C(=N)NN=C1c1cc2c(C(=O)N3CCOCC3)cccc2[nH]1)c1cncc(N(N)C(=O)N2CCN(C)CC2)c1. The van der Waals surface area contributed by atoms with Crippen molar-refractivity contribution in [1.82, 2.24) is 30.1 Å². The van der Waals surface area contributed by atoms with E-state index in [0.29, 0.717) is 67.6 Å². The molecule has 3 amide bonds. The Labute approximate surface area is 255 Å². The molecule has 0 aliphatic carbocycles. The minimum absolute atomic E-state index is 0.0388. The van der Waals surface area contributed by atoms with Crippen molar-refractivity contribution in [2.24, 2.45) is 10.9 Å². The highest BCUT2D eigenvalue weighted by atomic mass is 16.5. The average molecular weight is 597 g/mol. The van der Waals surface area contributed by atoms with Gasteiger partial charge in [-0.15, -0.1) is 0 Å². The van der Waals surface area contributed by atoms with Gasteiger partial charge in [0, 0.05) is 73.1 Å². The third-order valence-electron chi connectivity index (χ3n) is 8.18. The van der Waals surface area contributed by atoms with E-state index in [0.717, 1.165) is 40.1 Å². The highest BCUT2D eigenvalue weighted by Crippen LogP contribution is 2.27. The summed E-state index contributed by atoms with van der Waals surface area (Å²) in [4.78, 5) is 39.9. The van der Waals surface area contributed by atoms with E-state index in [9.17, 15) is 9.59 Å². The standard InChI is InChI=1S/C31H36N10O3/c1-3-20(21-15-22(19-34-18-21)41(33)31(43)40-9-7-38(2)8-10-40)16-25-28(36-37-29(25)32)27-17-24-23(5-4-6-26(24)35-27)30(42)39-11-13-44-14-12-39/h3-6,15-19,35H,7-14,33H2,1-2H3,(H2,32,37)/b20-3+,25-16-. The van der Waals surface area contributed by atoms with Gasteiger partial charge in [0.1, 0.15) is 11.5 Å². The second-order valence-electron chi connectivity index (χ2n) is 11.0. The molecule has 3 aliphatic heterocycles. The van der Waals surface area contributed by atoms with Crippen molar-refractivity contribution < 1.29 is 14.3 Å². The number of carbonyl (C=O) groups is 2. The second-order valence-corrected chi connectivity index (χ2v) is 11.0. The van der Waals surface area contributed by atoms with Crippen molar-refractivity contribution in [3.63, 3.8) is 0 Å². The normalized spacial score (nSPS) is 19.0. The second kappa shape index (κ2) is 12.4. The maximum absolute atomic E-state index is 13.3. The Kier molecular flexibility index (Phi) is 8.24. The van der Waals surface area contributed by atoms with E-state index in [1.807, 2.05) is 61.4 Å². The van der Waals surface area contributed by atoms with Crippen LogP contribution in [0.1, 0.15) is 28.5 Å². The van der Waals surface area contributed by atoms with Gasteiger partial charge in [-0.2, -0.15) is 5.10 Å². The third-order valence-corrected chi connectivity index (χ3v) is 8.18. The topological polar surface area (TPSA) is 159 Å². The molecule has 2 fully saturated rings. The highest BCUT2D eigenvalue weighted by molar-refractivity contribution is 6.32. The minimum Gasteiger partial charge on any atom is -0.378 e. The van der Waals surface area contributed by atoms with Gasteiger partial charge < -0.3 is 24.4 Å². The Morgan fingerprint density at radius 1 is 1.07 bits per heavy atom. The molecule has 13 nitrogen and oxygen atoms in total. The van der Waals surface area contributed by atoms with Crippen LogP contribution in [0.25, 0.3) is 16.5 Å². The number of anilines is 1. The fourth-order valence-corrected chi connectivity index (χ4v) is 5.57. The van der Waals surface area contributed by atoms with Gasteiger partial charge in [-0.25, -0.2) is 15.6 Å². The summed E-state index contributed by atoms with van der Waals surface area (Å²) in [6.07, 6.45) is 7.02. The molecular formula is C31H36N10O3. The van der Waals surface area contributed by atoms with Crippen LogP contribution in [-0.2, 0) is 4.74 Å². The number of hydrazone groups is 1. The number of allylic oxidation sites excluding steroid dienone is 3. The number of morpholine rings is 1. The van der Waals surface area contributed by atoms with Crippen LogP contribution in [-0.4, -0.2) is 108 Å². The van der Waals surface area contributed by atoms with E-state index in [2.05, 4.69) is 25.4 Å². The van der Waals surface area contributed by atoms with Crippen LogP contribution in [0.4, 0.5) is 10.5 Å². The highest BCUT2D eigenvalue weighted by Gasteiger charge is 2.27. The first-order chi connectivity index (χ1) is 21.3. The Bertz CT molecular complexity index is 1690. The molecule has 0 spiro atoms. The molecule has 228 valence electrons. The van der Waals surface area contributed by atoms with E-state index >= 15 is 0 Å². The number of hydrogen-bond donors (Lipinski definition) is 4. The lowest BCUT2D eigenvalue weighted by atomic mass is 9.99. The molecule has 5 heterocycles. The summed E-state index contributed by atoms with van der Waals surface area (Å²) in [6, 6.07) is 9.05. The number of ether oxygens (including phenoxy) is 1. The molecule has 0 radical (unpaired) electrons. The number of aromatic amines is 1. The zero-order valence-corrected chi connectivity index (χ0v) is 24.8. The lowest BCUT2D eigenvalue weighted by Crippen LogP contribution is -2.54. The fraction of sp³-hybridized carbons (Fsp3) is 0.323. The third kappa shape index (κ3) is 5.72. The van der Waals surface area contributed by atoms with Crippen LogP contribution in [0.15, 0.2) is 65.6 Å². The van der Waals surface area contributed by atoms with Gasteiger partial charge in [0.2, 0.25) is 0 Å². The van der Waals surface area contributed by atoms with Crippen LogP contribution >= 0.6 is 0 Å². The summed E-state index contributed by atoms with van der Waals surface area (Å²) >= 11 is 0. The molecule has 2 aromatic heterocycles. The van der Waals surface area contributed by atoms with Crippen molar-refractivity contribution >= 4 is 45.6 Å². The van der Waals surface area contributed by atoms with E-state index in [1.54, 1.807) is 17.3 Å². The summed E-state index contributed by atoms with van der Waals surface area (Å²) in [5.41, 5.74) is 7.95. The molecule has 44 heavy (non-hydrogen) atoms. The van der Waals surface area contributed by atoms with Gasteiger partial charge in [-0.05, 0) is 49.9 Å². The summed E-state index contributed by atoms with van der Waals surface area (Å²) in [7, 11) is 2.03. The number of hydrazine groups is 1. The minimum atomic E-state index is -0.279. The molecule has 6 rings (SSSR count). The Hall–Kier alpha value is -4.85. The van der Waals surface area contributed by atoms with E-state index in [-0.39, 0.29) is 17.8 Å². The number of nitrogens with zero attached hydrogens (tertiary/aromatic N) is 6. The van der Waals surface area contributed by atoms with Crippen molar-refractivity contribution in [1.29, 1.82) is 5.41 Å². The van der Waals surface area contributed by atoms with Gasteiger partial charge in [0.15, 0.2) is 0 Å². The molecule has 3 aromatic rings. The Morgan fingerprint density at radius 3 is 2.59 bits per heavy atom. The van der Waals surface area contributed by atoms with E-state index in [4.69, 9.17) is 16.0 Å². The Morgan fingerprint density at radius 2 is 1.84 bits per heavy atom. The van der Waals surface area contributed by atoms with Crippen LogP contribution in [0, 0.1) is 5.41 Å². The maximum atomic E-state index is 13.3. The summed E-state index contributed by atoms with van der Waals surface area (Å²) < 4.78 is 5.41. The average Bonchev–Trinajstić information content (AvgIpc) is 3.66. The molecule has 0 atom stereocenters. The zero-order valence-electron chi connectivity index (χ0n) is 24.8. The number of H-pyrrole nitrogens is 1. The van der Waals surface area contributed by atoms with E-state index < -0.39 is 0 Å². The van der Waals surface area contributed by atoms with Crippen molar-refractivity contribution in [3.8, 4) is 0 Å². The predicted octanol–water partition coefficient (Wildman–Crippen LogP) is 2.40. The summed E-state index contributed by atoms with van der Waals surface area (Å²) in [6.45, 7) is 6.86. The number of hydrogen-bond acceptors (Lipinski definition) is 8. The van der Waals surface area contributed by atoms with Crippen molar-refractivity contribution in [3.05, 3.63) is 77.3 Å². The number of rotatable bonds is 5. The van der Waals surface area contributed by atoms with Crippen LogP contribution in [0.3, 0.4) is 0 Å². The van der Waals surface area contributed by atoms with Gasteiger partial charge in [0.25, 0.3) is 5.91 Å². The largest absolute Gasteiger partial charge is 0.378 e. The number of likely N-dealkylation sites (N-methyl/N-ethyl adjacent to an activating group) is 1. The lowest BCUT2D eigenvalue weighted by molar-refractivity contribution is 0.0304. The summed E-state index contributed by atoms with van der Waals surface area (Å²) in [5.74, 6) is 6.37.